The van der Waals surface area contributed by atoms with E-state index in [0.29, 0.717) is 4.91 Å². The molecule has 0 radical (unpaired) electrons. The minimum Gasteiger partial charge on any atom is -0.497 e. The second-order valence-electron chi connectivity index (χ2n) is 3.53. The predicted octanol–water partition coefficient (Wildman–Crippen LogP) is 2.41. The number of benzene rings is 1. The molecule has 1 aliphatic heterocycles. The summed E-state index contributed by atoms with van der Waals surface area (Å²) >= 11 is 0.935. The van der Waals surface area contributed by atoms with Gasteiger partial charge in [0.05, 0.1) is 12.0 Å². The Hall–Kier alpha value is -1.75. The fourth-order valence-electron chi connectivity index (χ4n) is 1.53. The molecule has 1 saturated heterocycles. The normalized spacial score (nSPS) is 18.0. The van der Waals surface area contributed by atoms with E-state index in [-0.39, 0.29) is 11.1 Å². The zero-order chi connectivity index (χ0) is 12.4. The first-order valence-electron chi connectivity index (χ1n) is 5.00. The molecule has 1 heterocycles. The van der Waals surface area contributed by atoms with Gasteiger partial charge in [-0.05, 0) is 42.0 Å². The van der Waals surface area contributed by atoms with Crippen LogP contribution < -0.4 is 10.1 Å². The predicted molar refractivity (Wildman–Crippen MR) is 66.7 cm³/mol. The lowest BCUT2D eigenvalue weighted by atomic mass is 10.1. The van der Waals surface area contributed by atoms with Crippen LogP contribution in [-0.2, 0) is 4.79 Å². The van der Waals surface area contributed by atoms with Crippen molar-refractivity contribution in [3.8, 4) is 5.75 Å². The first-order chi connectivity index (χ1) is 8.11. The molecule has 0 spiro atoms. The number of amides is 2. The molecular formula is C12H11NO3S. The third-order valence-corrected chi connectivity index (χ3v) is 3.46. The Kier molecular flexibility index (Phi) is 3.19. The highest BCUT2D eigenvalue weighted by Gasteiger charge is 2.27. The Morgan fingerprint density at radius 2 is 1.88 bits per heavy atom. The van der Waals surface area contributed by atoms with Gasteiger partial charge in [-0.25, -0.2) is 0 Å². The van der Waals surface area contributed by atoms with E-state index >= 15 is 0 Å². The summed E-state index contributed by atoms with van der Waals surface area (Å²) in [6, 6.07) is 7.35. The Labute approximate surface area is 103 Å². The van der Waals surface area contributed by atoms with Crippen molar-refractivity contribution in [3.63, 3.8) is 0 Å². The number of hydrogen-bond acceptors (Lipinski definition) is 4. The van der Waals surface area contributed by atoms with Crippen molar-refractivity contribution in [3.05, 3.63) is 34.7 Å². The average molecular weight is 249 g/mol. The van der Waals surface area contributed by atoms with E-state index in [1.807, 2.05) is 31.2 Å². The molecular weight excluding hydrogens is 238 g/mol. The number of ether oxygens (including phenoxy) is 1. The molecule has 0 aromatic heterocycles. The molecule has 1 N–H and O–H groups in total. The first kappa shape index (κ1) is 11.7. The summed E-state index contributed by atoms with van der Waals surface area (Å²) in [4.78, 5) is 23.0. The van der Waals surface area contributed by atoms with Gasteiger partial charge in [-0.1, -0.05) is 12.1 Å². The van der Waals surface area contributed by atoms with Crippen molar-refractivity contribution in [2.24, 2.45) is 0 Å². The Morgan fingerprint density at radius 1 is 1.24 bits per heavy atom. The highest BCUT2D eigenvalue weighted by Crippen LogP contribution is 2.31. The fourth-order valence-corrected chi connectivity index (χ4v) is 2.28. The summed E-state index contributed by atoms with van der Waals surface area (Å²) in [7, 11) is 1.60. The molecule has 2 rings (SSSR count). The zero-order valence-electron chi connectivity index (χ0n) is 9.44. The van der Waals surface area contributed by atoms with Crippen LogP contribution in [0.2, 0.25) is 0 Å². The van der Waals surface area contributed by atoms with Crippen LogP contribution in [-0.4, -0.2) is 18.3 Å². The van der Waals surface area contributed by atoms with Crippen LogP contribution in [0, 0.1) is 0 Å². The molecule has 0 aliphatic carbocycles. The van der Waals surface area contributed by atoms with Crippen LogP contribution in [0.5, 0.6) is 5.75 Å². The summed E-state index contributed by atoms with van der Waals surface area (Å²) in [5.41, 5.74) is 1.69. The zero-order valence-corrected chi connectivity index (χ0v) is 10.3. The maximum atomic E-state index is 11.5. The highest BCUT2D eigenvalue weighted by atomic mass is 32.2. The lowest BCUT2D eigenvalue weighted by molar-refractivity contribution is -0.115. The molecule has 0 bridgehead atoms. The van der Waals surface area contributed by atoms with Crippen LogP contribution in [0.15, 0.2) is 29.2 Å². The van der Waals surface area contributed by atoms with Crippen molar-refractivity contribution >= 4 is 28.5 Å². The van der Waals surface area contributed by atoms with E-state index in [1.54, 1.807) is 7.11 Å². The standard InChI is InChI=1S/C12H11NO3S/c1-7(10-11(14)13-12(15)17-10)8-3-5-9(16-2)6-4-8/h3-6H,1-2H3,(H,13,14,15)/b10-7-. The van der Waals surface area contributed by atoms with Gasteiger partial charge < -0.3 is 4.74 Å². The molecule has 1 aliphatic rings. The van der Waals surface area contributed by atoms with Crippen molar-refractivity contribution < 1.29 is 14.3 Å². The fraction of sp³-hybridized carbons (Fsp3) is 0.167. The first-order valence-corrected chi connectivity index (χ1v) is 5.82. The minimum absolute atomic E-state index is 0.321. The summed E-state index contributed by atoms with van der Waals surface area (Å²) in [5.74, 6) is 0.430. The second kappa shape index (κ2) is 4.63. The Morgan fingerprint density at radius 3 is 2.35 bits per heavy atom. The van der Waals surface area contributed by atoms with Gasteiger partial charge >= 0.3 is 0 Å². The minimum atomic E-state index is -0.326. The number of imide groups is 1. The molecule has 1 aromatic carbocycles. The third kappa shape index (κ3) is 2.34. The summed E-state index contributed by atoms with van der Waals surface area (Å²) in [5, 5.41) is 1.92. The van der Waals surface area contributed by atoms with Crippen LogP contribution in [0.25, 0.3) is 5.57 Å². The largest absolute Gasteiger partial charge is 0.497 e. The number of methoxy groups -OCH3 is 1. The quantitative estimate of drug-likeness (QED) is 0.818. The van der Waals surface area contributed by atoms with E-state index < -0.39 is 0 Å². The number of carbonyl (C=O) groups is 2. The number of carbonyl (C=O) groups excluding carboxylic acids is 2. The lowest BCUT2D eigenvalue weighted by Gasteiger charge is -2.05. The molecule has 1 aromatic rings. The summed E-state index contributed by atoms with van der Waals surface area (Å²) < 4.78 is 5.06. The molecule has 4 nitrogen and oxygen atoms in total. The van der Waals surface area contributed by atoms with Gasteiger partial charge in [-0.3, -0.25) is 14.9 Å². The number of thioether (sulfide) groups is 1. The Balaban J connectivity index is 2.35. The maximum absolute atomic E-state index is 11.5. The van der Waals surface area contributed by atoms with Crippen LogP contribution in [0.1, 0.15) is 12.5 Å². The SMILES string of the molecule is COc1ccc(/C(C)=C2\SC(=O)NC2=O)cc1. The van der Waals surface area contributed by atoms with E-state index in [0.717, 1.165) is 28.6 Å². The van der Waals surface area contributed by atoms with Gasteiger partial charge in [0.25, 0.3) is 11.1 Å². The van der Waals surface area contributed by atoms with Crippen molar-refractivity contribution in [2.45, 2.75) is 6.92 Å². The molecule has 17 heavy (non-hydrogen) atoms. The van der Waals surface area contributed by atoms with Gasteiger partial charge in [0.1, 0.15) is 5.75 Å². The van der Waals surface area contributed by atoms with Crippen molar-refractivity contribution in [1.82, 2.24) is 5.32 Å². The molecule has 88 valence electrons. The summed E-state index contributed by atoms with van der Waals surface area (Å²) in [6.07, 6.45) is 0. The molecule has 5 heteroatoms. The molecule has 0 saturated carbocycles. The molecule has 1 fully saturated rings. The topological polar surface area (TPSA) is 55.4 Å². The third-order valence-electron chi connectivity index (χ3n) is 2.48. The van der Waals surface area contributed by atoms with Crippen LogP contribution in [0.3, 0.4) is 0 Å². The smallest absolute Gasteiger partial charge is 0.290 e. The van der Waals surface area contributed by atoms with E-state index in [1.165, 1.54) is 0 Å². The summed E-state index contributed by atoms with van der Waals surface area (Å²) in [6.45, 7) is 1.82. The van der Waals surface area contributed by atoms with Gasteiger partial charge in [-0.2, -0.15) is 0 Å². The van der Waals surface area contributed by atoms with E-state index in [9.17, 15) is 9.59 Å². The van der Waals surface area contributed by atoms with Gasteiger partial charge in [-0.15, -0.1) is 0 Å². The number of hydrogen-bond donors (Lipinski definition) is 1. The Bertz CT molecular complexity index is 505. The lowest BCUT2D eigenvalue weighted by Crippen LogP contribution is -2.18. The van der Waals surface area contributed by atoms with Crippen molar-refractivity contribution in [2.75, 3.05) is 7.11 Å². The van der Waals surface area contributed by atoms with E-state index in [4.69, 9.17) is 4.74 Å². The molecule has 0 unspecified atom stereocenters. The van der Waals surface area contributed by atoms with Gasteiger partial charge in [0.2, 0.25) is 0 Å². The molecule has 2 amide bonds. The van der Waals surface area contributed by atoms with Gasteiger partial charge in [0.15, 0.2) is 0 Å². The average Bonchev–Trinajstić information content (AvgIpc) is 2.68. The number of rotatable bonds is 2. The maximum Gasteiger partial charge on any atom is 0.290 e. The molecule has 0 atom stereocenters. The highest BCUT2D eigenvalue weighted by molar-refractivity contribution is 8.18. The van der Waals surface area contributed by atoms with Crippen LogP contribution in [0.4, 0.5) is 4.79 Å². The monoisotopic (exact) mass is 249 g/mol. The van der Waals surface area contributed by atoms with E-state index in [2.05, 4.69) is 5.32 Å². The second-order valence-corrected chi connectivity index (χ2v) is 4.51. The number of allylic oxidation sites excluding steroid dienone is 1. The van der Waals surface area contributed by atoms with Crippen molar-refractivity contribution in [1.29, 1.82) is 0 Å². The van der Waals surface area contributed by atoms with Gasteiger partial charge in [0, 0.05) is 0 Å². The van der Waals surface area contributed by atoms with Crippen LogP contribution >= 0.6 is 11.8 Å². The number of nitrogens with one attached hydrogen (secondary N) is 1.